The number of aromatic nitrogens is 3. The molecule has 5 fully saturated rings. The molecule has 0 aliphatic carbocycles. The molecule has 6 aliphatic rings. The molecule has 6 aliphatic heterocycles. The number of pyridine rings is 1. The van der Waals surface area contributed by atoms with Crippen molar-refractivity contribution in [1.29, 1.82) is 5.26 Å². The lowest BCUT2D eigenvalue weighted by molar-refractivity contribution is -0.0484. The maximum atomic E-state index is 17.5. The van der Waals surface area contributed by atoms with Gasteiger partial charge in [-0.05, 0) is 49.4 Å². The molecule has 4 aromatic rings. The van der Waals surface area contributed by atoms with E-state index in [0.717, 1.165) is 75.3 Å². The summed E-state index contributed by atoms with van der Waals surface area (Å²) in [5.74, 6) is 0.698. The van der Waals surface area contributed by atoms with Gasteiger partial charge in [0, 0.05) is 72.4 Å². The maximum Gasteiger partial charge on any atom is 0.319 e. The summed E-state index contributed by atoms with van der Waals surface area (Å²) in [6, 6.07) is 4.52. The normalized spacial score (nSPS) is 28.0. The second kappa shape index (κ2) is 11.6. The Morgan fingerprint density at radius 3 is 2.70 bits per heavy atom. The zero-order valence-electron chi connectivity index (χ0n) is 27.7. The van der Waals surface area contributed by atoms with Crippen LogP contribution in [0.1, 0.15) is 48.8 Å². The first kappa shape index (κ1) is 31.0. The van der Waals surface area contributed by atoms with Crippen LogP contribution < -0.4 is 15.4 Å². The van der Waals surface area contributed by atoms with Gasteiger partial charge in [-0.3, -0.25) is 14.8 Å². The third-order valence-corrected chi connectivity index (χ3v) is 13.0. The number of hydrogen-bond acceptors (Lipinski definition) is 12. The Labute approximate surface area is 291 Å². The molecule has 14 heteroatoms. The minimum atomic E-state index is -0.896. The summed E-state index contributed by atoms with van der Waals surface area (Å²) in [5.41, 5.74) is 8.44. The molecule has 1 aromatic carbocycles. The highest BCUT2D eigenvalue weighted by Gasteiger charge is 2.50. The number of likely N-dealkylation sites (tertiary alicyclic amines) is 1. The maximum absolute atomic E-state index is 17.5. The van der Waals surface area contributed by atoms with E-state index in [4.69, 9.17) is 29.9 Å². The molecule has 50 heavy (non-hydrogen) atoms. The van der Waals surface area contributed by atoms with Crippen LogP contribution in [0.2, 0.25) is 0 Å². The number of ether oxygens (including phenoxy) is 3. The molecule has 0 amide bonds. The SMILES string of the molecule is N#Cc1c(N)sc2ccnc(-c3c4c(c5c(N6C7CCC6CN(CC6COC6)C7)nc(OC[C@@]67CCCN6C[C@H](F)C7)nc5c3F)COC4)c12. The molecule has 4 atom stereocenters. The highest BCUT2D eigenvalue weighted by atomic mass is 32.1. The van der Waals surface area contributed by atoms with Crippen molar-refractivity contribution in [1.82, 2.24) is 24.8 Å². The Balaban J connectivity index is 1.14. The van der Waals surface area contributed by atoms with Crippen molar-refractivity contribution in [3.8, 4) is 23.3 Å². The highest BCUT2D eigenvalue weighted by Crippen LogP contribution is 2.48. The van der Waals surface area contributed by atoms with Gasteiger partial charge in [-0.25, -0.2) is 8.78 Å². The fraction of sp³-hybridized carbons (Fsp3) is 0.556. The Morgan fingerprint density at radius 1 is 1.10 bits per heavy atom. The molecule has 10 rings (SSSR count). The average molecular weight is 701 g/mol. The molecule has 5 saturated heterocycles. The molecule has 0 saturated carbocycles. The third-order valence-electron chi connectivity index (χ3n) is 12.0. The van der Waals surface area contributed by atoms with Gasteiger partial charge in [0.15, 0.2) is 5.82 Å². The monoisotopic (exact) mass is 700 g/mol. The van der Waals surface area contributed by atoms with Crippen LogP contribution in [0.3, 0.4) is 0 Å². The number of benzene rings is 1. The van der Waals surface area contributed by atoms with Gasteiger partial charge in [-0.2, -0.15) is 15.2 Å². The van der Waals surface area contributed by atoms with E-state index in [1.54, 1.807) is 12.3 Å². The molecule has 2 N–H and O–H groups in total. The first-order valence-electron chi connectivity index (χ1n) is 17.7. The Bertz CT molecular complexity index is 2070. The quantitative estimate of drug-likeness (QED) is 0.286. The Morgan fingerprint density at radius 2 is 1.92 bits per heavy atom. The van der Waals surface area contributed by atoms with Gasteiger partial charge in [-0.1, -0.05) is 0 Å². The third kappa shape index (κ3) is 4.66. The number of nitrogens with two attached hydrogens (primary N) is 1. The van der Waals surface area contributed by atoms with Gasteiger partial charge in [0.1, 0.15) is 35.2 Å². The van der Waals surface area contributed by atoms with E-state index in [2.05, 4.69) is 25.8 Å². The fourth-order valence-corrected chi connectivity index (χ4v) is 10.7. The van der Waals surface area contributed by atoms with Crippen LogP contribution >= 0.6 is 11.3 Å². The first-order chi connectivity index (χ1) is 24.4. The molecule has 2 unspecified atom stereocenters. The van der Waals surface area contributed by atoms with Gasteiger partial charge in [0.05, 0.1) is 48.6 Å². The molecule has 0 radical (unpaired) electrons. The summed E-state index contributed by atoms with van der Waals surface area (Å²) in [6.07, 6.45) is 5.00. The van der Waals surface area contributed by atoms with E-state index in [1.807, 2.05) is 0 Å². The van der Waals surface area contributed by atoms with Crippen molar-refractivity contribution < 1.29 is 23.0 Å². The van der Waals surface area contributed by atoms with Crippen molar-refractivity contribution in [3.63, 3.8) is 0 Å². The van der Waals surface area contributed by atoms with Crippen LogP contribution in [-0.2, 0) is 22.7 Å². The Hall–Kier alpha value is -3.74. The van der Waals surface area contributed by atoms with Crippen molar-refractivity contribution in [3.05, 3.63) is 34.8 Å². The van der Waals surface area contributed by atoms with E-state index in [-0.39, 0.29) is 49.0 Å². The largest absolute Gasteiger partial charge is 0.461 e. The number of thiophene rings is 1. The van der Waals surface area contributed by atoms with Crippen LogP contribution in [0.15, 0.2) is 12.3 Å². The zero-order valence-corrected chi connectivity index (χ0v) is 28.5. The number of nitriles is 1. The molecule has 3 aromatic heterocycles. The van der Waals surface area contributed by atoms with E-state index in [0.29, 0.717) is 57.3 Å². The highest BCUT2D eigenvalue weighted by molar-refractivity contribution is 7.23. The van der Waals surface area contributed by atoms with Crippen molar-refractivity contribution in [2.24, 2.45) is 5.92 Å². The number of rotatable bonds is 7. The van der Waals surface area contributed by atoms with Gasteiger partial charge in [0.2, 0.25) is 0 Å². The lowest BCUT2D eigenvalue weighted by Gasteiger charge is -2.44. The molecule has 2 bridgehead atoms. The van der Waals surface area contributed by atoms with E-state index < -0.39 is 17.5 Å². The summed E-state index contributed by atoms with van der Waals surface area (Å²) in [4.78, 5) is 21.7. The van der Waals surface area contributed by atoms with Gasteiger partial charge >= 0.3 is 6.01 Å². The van der Waals surface area contributed by atoms with E-state index in [1.165, 1.54) is 11.3 Å². The Kier molecular flexibility index (Phi) is 7.23. The van der Waals surface area contributed by atoms with E-state index >= 15 is 4.39 Å². The standard InChI is InChI=1S/C36H38F2N8O3S/c37-20-8-36(5-1-7-45(36)11-20)18-49-35-42-32-29(34(43-35)46-21-2-3-22(46)13-44(12-21)10-19-14-47-15-19)25-17-48-16-24(25)28(30(32)38)31-27-23(9-39)33(40)50-26(27)4-6-41-31/h4,6,19-22H,1-3,5,7-8,10-18,40H2/t20-,21?,22?,36+/m1/s1. The number of nitrogen functional groups attached to an aromatic ring is 1. The lowest BCUT2D eigenvalue weighted by Crippen LogP contribution is -2.56. The minimum Gasteiger partial charge on any atom is -0.461 e. The average Bonchev–Trinajstić information content (AvgIpc) is 3.89. The van der Waals surface area contributed by atoms with Crippen LogP contribution in [0, 0.1) is 23.1 Å². The fourth-order valence-electron chi connectivity index (χ4n) is 9.74. The second-order valence-corrected chi connectivity index (χ2v) is 16.0. The van der Waals surface area contributed by atoms with Crippen LogP contribution in [0.4, 0.5) is 19.6 Å². The lowest BCUT2D eigenvalue weighted by atomic mass is 9.93. The van der Waals surface area contributed by atoms with Gasteiger partial charge < -0.3 is 24.8 Å². The molecule has 260 valence electrons. The van der Waals surface area contributed by atoms with Crippen molar-refractivity contribution in [2.45, 2.75) is 69.1 Å². The summed E-state index contributed by atoms with van der Waals surface area (Å²) in [6.45, 7) is 6.41. The number of nitrogens with zero attached hydrogens (tertiary/aromatic N) is 7. The topological polar surface area (TPSA) is 126 Å². The van der Waals surface area contributed by atoms with Gasteiger partial charge in [-0.15, -0.1) is 11.3 Å². The molecule has 0 spiro atoms. The number of fused-ring (bicyclic) bond motifs is 7. The predicted octanol–water partition coefficient (Wildman–Crippen LogP) is 4.78. The summed E-state index contributed by atoms with van der Waals surface area (Å²) in [5, 5.41) is 11.6. The first-order valence-corrected chi connectivity index (χ1v) is 18.5. The van der Waals surface area contributed by atoms with Crippen LogP contribution in [-0.4, -0.2) is 101 Å². The number of piperazine rings is 1. The minimum absolute atomic E-state index is 0.0943. The van der Waals surface area contributed by atoms with Crippen molar-refractivity contribution in [2.75, 3.05) is 63.2 Å². The molecule has 9 heterocycles. The summed E-state index contributed by atoms with van der Waals surface area (Å²) in [7, 11) is 0. The number of hydrogen-bond donors (Lipinski definition) is 1. The van der Waals surface area contributed by atoms with Crippen LogP contribution in [0.5, 0.6) is 6.01 Å². The van der Waals surface area contributed by atoms with Crippen molar-refractivity contribution >= 4 is 43.1 Å². The van der Waals surface area contributed by atoms with Gasteiger partial charge in [0.25, 0.3) is 0 Å². The number of halogens is 2. The summed E-state index contributed by atoms with van der Waals surface area (Å²) >= 11 is 1.29. The smallest absolute Gasteiger partial charge is 0.319 e. The zero-order chi connectivity index (χ0) is 33.7. The summed E-state index contributed by atoms with van der Waals surface area (Å²) < 4.78 is 50.9. The van der Waals surface area contributed by atoms with E-state index in [9.17, 15) is 9.65 Å². The molecular weight excluding hydrogens is 663 g/mol. The molecular formula is C36H38F2N8O3S. The number of alkyl halides is 1. The number of anilines is 2. The molecule has 11 nitrogen and oxygen atoms in total. The van der Waals surface area contributed by atoms with Crippen LogP contribution in [0.25, 0.3) is 32.2 Å². The predicted molar refractivity (Wildman–Crippen MR) is 184 cm³/mol. The second-order valence-electron chi connectivity index (χ2n) is 15.0.